The van der Waals surface area contributed by atoms with Crippen LogP contribution in [-0.4, -0.2) is 37.2 Å². The first-order valence-electron chi connectivity index (χ1n) is 13.5. The second kappa shape index (κ2) is 10.9. The zero-order valence-corrected chi connectivity index (χ0v) is 22.7. The Morgan fingerprint density at radius 1 is 0.786 bits per heavy atom. The summed E-state index contributed by atoms with van der Waals surface area (Å²) in [7, 11) is 1.52. The number of hydrogen-bond acceptors (Lipinski definition) is 6. The van der Waals surface area contributed by atoms with Gasteiger partial charge in [-0.1, -0.05) is 30.3 Å². The van der Waals surface area contributed by atoms with E-state index < -0.39 is 0 Å². The molecule has 3 N–H and O–H groups in total. The highest BCUT2D eigenvalue weighted by molar-refractivity contribution is 6.00. The van der Waals surface area contributed by atoms with Crippen molar-refractivity contribution in [2.75, 3.05) is 7.11 Å². The number of methoxy groups -OCH3 is 1. The molecule has 206 valence electrons. The van der Waals surface area contributed by atoms with E-state index in [1.165, 1.54) is 24.8 Å². The van der Waals surface area contributed by atoms with Gasteiger partial charge in [0.2, 0.25) is 0 Å². The minimum atomic E-state index is -0.375. The molecule has 0 aliphatic carbocycles. The molecule has 0 amide bonds. The summed E-state index contributed by atoms with van der Waals surface area (Å²) in [6.45, 7) is 1.48. The van der Waals surface area contributed by atoms with E-state index >= 15 is 0 Å². The number of ether oxygens (including phenoxy) is 1. The SMILES string of the molecule is COc1cc(F)cc(-c2cncc3[nH]c(-c4n[nH]c5ncc(-c6cncc(CNCc7ccccc7)c6)cc45)cc23)c1. The lowest BCUT2D eigenvalue weighted by atomic mass is 10.0. The van der Waals surface area contributed by atoms with Gasteiger partial charge in [0.05, 0.1) is 24.5 Å². The van der Waals surface area contributed by atoms with Gasteiger partial charge in [0.25, 0.3) is 0 Å². The summed E-state index contributed by atoms with van der Waals surface area (Å²) in [6.07, 6.45) is 9.02. The van der Waals surface area contributed by atoms with Gasteiger partial charge in [-0.3, -0.25) is 15.1 Å². The molecule has 0 radical (unpaired) electrons. The maximum Gasteiger partial charge on any atom is 0.155 e. The molecule has 0 saturated heterocycles. The molecule has 0 aliphatic heterocycles. The Balaban J connectivity index is 1.21. The molecule has 5 heterocycles. The first kappa shape index (κ1) is 25.6. The second-order valence-corrected chi connectivity index (χ2v) is 10.1. The van der Waals surface area contributed by atoms with Crippen molar-refractivity contribution in [3.63, 3.8) is 0 Å². The molecule has 2 aromatic carbocycles. The normalized spacial score (nSPS) is 11.4. The van der Waals surface area contributed by atoms with Gasteiger partial charge >= 0.3 is 0 Å². The van der Waals surface area contributed by atoms with Crippen LogP contribution >= 0.6 is 0 Å². The van der Waals surface area contributed by atoms with Crippen molar-refractivity contribution in [2.24, 2.45) is 0 Å². The Bertz CT molecular complexity index is 2030. The fourth-order valence-corrected chi connectivity index (χ4v) is 5.20. The molecule has 0 aliphatic rings. The number of aromatic nitrogens is 6. The Kier molecular flexibility index (Phi) is 6.61. The molecular weight excluding hydrogens is 529 g/mol. The van der Waals surface area contributed by atoms with Gasteiger partial charge < -0.3 is 15.0 Å². The molecule has 9 heteroatoms. The van der Waals surface area contributed by atoms with Gasteiger partial charge in [0.15, 0.2) is 5.65 Å². The van der Waals surface area contributed by atoms with E-state index in [2.05, 4.69) is 59.7 Å². The Morgan fingerprint density at radius 3 is 2.50 bits per heavy atom. The predicted molar refractivity (Wildman–Crippen MR) is 161 cm³/mol. The Morgan fingerprint density at radius 2 is 1.62 bits per heavy atom. The molecule has 7 rings (SSSR count). The molecule has 0 spiro atoms. The first-order valence-corrected chi connectivity index (χ1v) is 13.5. The van der Waals surface area contributed by atoms with Crippen LogP contribution in [0.5, 0.6) is 5.75 Å². The highest BCUT2D eigenvalue weighted by Crippen LogP contribution is 2.35. The van der Waals surface area contributed by atoms with E-state index in [-0.39, 0.29) is 5.82 Å². The number of hydrogen-bond donors (Lipinski definition) is 3. The minimum Gasteiger partial charge on any atom is -0.497 e. The number of pyridine rings is 3. The molecule has 42 heavy (non-hydrogen) atoms. The van der Waals surface area contributed by atoms with Crippen molar-refractivity contribution in [1.82, 2.24) is 35.5 Å². The number of fused-ring (bicyclic) bond motifs is 2. The third-order valence-corrected chi connectivity index (χ3v) is 7.26. The van der Waals surface area contributed by atoms with Gasteiger partial charge in [-0.2, -0.15) is 5.10 Å². The topological polar surface area (TPSA) is 104 Å². The van der Waals surface area contributed by atoms with Crippen LogP contribution in [0.15, 0.2) is 97.7 Å². The summed E-state index contributed by atoms with van der Waals surface area (Å²) < 4.78 is 19.6. The van der Waals surface area contributed by atoms with Crippen molar-refractivity contribution in [3.05, 3.63) is 115 Å². The zero-order chi connectivity index (χ0) is 28.5. The van der Waals surface area contributed by atoms with Crippen LogP contribution in [0, 0.1) is 5.82 Å². The fourth-order valence-electron chi connectivity index (χ4n) is 5.20. The van der Waals surface area contributed by atoms with E-state index in [0.29, 0.717) is 23.5 Å². The number of rotatable bonds is 8. The molecule has 0 unspecified atom stereocenters. The van der Waals surface area contributed by atoms with Crippen molar-refractivity contribution in [1.29, 1.82) is 0 Å². The largest absolute Gasteiger partial charge is 0.497 e. The smallest absolute Gasteiger partial charge is 0.155 e. The van der Waals surface area contributed by atoms with Crippen LogP contribution in [0.2, 0.25) is 0 Å². The lowest BCUT2D eigenvalue weighted by Gasteiger charge is -2.07. The van der Waals surface area contributed by atoms with Crippen molar-refractivity contribution in [3.8, 4) is 39.4 Å². The zero-order valence-electron chi connectivity index (χ0n) is 22.7. The van der Waals surface area contributed by atoms with E-state index in [4.69, 9.17) is 4.74 Å². The van der Waals surface area contributed by atoms with Gasteiger partial charge in [-0.05, 0) is 47.0 Å². The number of H-pyrrole nitrogens is 2. The molecule has 0 fully saturated rings. The van der Waals surface area contributed by atoms with Gasteiger partial charge in [0, 0.05) is 71.4 Å². The highest BCUT2D eigenvalue weighted by Gasteiger charge is 2.16. The average Bonchev–Trinajstić information content (AvgIpc) is 3.65. The van der Waals surface area contributed by atoms with Crippen molar-refractivity contribution >= 4 is 21.9 Å². The predicted octanol–water partition coefficient (Wildman–Crippen LogP) is 6.67. The summed E-state index contributed by atoms with van der Waals surface area (Å²) in [4.78, 5) is 16.9. The van der Waals surface area contributed by atoms with Crippen LogP contribution in [0.4, 0.5) is 4.39 Å². The van der Waals surface area contributed by atoms with Crippen LogP contribution in [0.25, 0.3) is 55.6 Å². The Hall–Kier alpha value is -5.41. The van der Waals surface area contributed by atoms with Crippen LogP contribution in [0.3, 0.4) is 0 Å². The van der Waals surface area contributed by atoms with E-state index in [0.717, 1.165) is 56.5 Å². The lowest BCUT2D eigenvalue weighted by Crippen LogP contribution is -2.12. The standard InChI is InChI=1S/C33H26FN7O/c1-42-26-9-22(8-25(34)11-26)29-18-37-19-31-27(29)12-30(39-31)32-28-10-24(17-38-33(28)41-40-32)23-7-21(15-36-16-23)14-35-13-20-5-3-2-4-6-20/h2-12,15-19,35,39H,13-14H2,1H3,(H,38,40,41). The van der Waals surface area contributed by atoms with Crippen LogP contribution in [0.1, 0.15) is 11.1 Å². The number of nitrogens with zero attached hydrogens (tertiary/aromatic N) is 4. The summed E-state index contributed by atoms with van der Waals surface area (Å²) >= 11 is 0. The number of nitrogens with one attached hydrogen (secondary N) is 3. The molecule has 5 aromatic heterocycles. The summed E-state index contributed by atoms with van der Waals surface area (Å²) in [5, 5.41) is 12.9. The minimum absolute atomic E-state index is 0.375. The van der Waals surface area contributed by atoms with Crippen LogP contribution in [-0.2, 0) is 13.1 Å². The fraction of sp³-hybridized carbons (Fsp3) is 0.0909. The summed E-state index contributed by atoms with van der Waals surface area (Å²) in [5.41, 5.74) is 8.70. The number of halogens is 1. The molecule has 0 atom stereocenters. The molecule has 7 aromatic rings. The van der Waals surface area contributed by atoms with Gasteiger partial charge in [-0.15, -0.1) is 0 Å². The number of aromatic amines is 2. The quantitative estimate of drug-likeness (QED) is 0.194. The molecule has 0 saturated carbocycles. The summed E-state index contributed by atoms with van der Waals surface area (Å²) in [5.74, 6) is 0.0692. The van der Waals surface area contributed by atoms with Gasteiger partial charge in [0.1, 0.15) is 17.3 Å². The van der Waals surface area contributed by atoms with E-state index in [1.807, 2.05) is 42.9 Å². The maximum absolute atomic E-state index is 14.3. The number of benzene rings is 2. The van der Waals surface area contributed by atoms with Gasteiger partial charge in [-0.25, -0.2) is 9.37 Å². The van der Waals surface area contributed by atoms with Crippen molar-refractivity contribution < 1.29 is 9.13 Å². The van der Waals surface area contributed by atoms with E-state index in [9.17, 15) is 4.39 Å². The first-order chi connectivity index (χ1) is 20.6. The maximum atomic E-state index is 14.3. The highest BCUT2D eigenvalue weighted by atomic mass is 19.1. The van der Waals surface area contributed by atoms with Crippen LogP contribution < -0.4 is 10.1 Å². The lowest BCUT2D eigenvalue weighted by molar-refractivity contribution is 0.411. The monoisotopic (exact) mass is 555 g/mol. The molecule has 0 bridgehead atoms. The third-order valence-electron chi connectivity index (χ3n) is 7.26. The molecular formula is C33H26FN7O. The van der Waals surface area contributed by atoms with Crippen molar-refractivity contribution in [2.45, 2.75) is 13.1 Å². The van der Waals surface area contributed by atoms with E-state index in [1.54, 1.807) is 18.5 Å². The Labute approximate surface area is 240 Å². The summed E-state index contributed by atoms with van der Waals surface area (Å²) in [6, 6.07) is 21.1. The third kappa shape index (κ3) is 4.97. The molecule has 8 nitrogen and oxygen atoms in total. The average molecular weight is 556 g/mol. The second-order valence-electron chi connectivity index (χ2n) is 10.1.